The molecule has 282 valence electrons. The summed E-state index contributed by atoms with van der Waals surface area (Å²) in [6, 6.07) is 56.8. The molecular weight excluding hydrogens is 735 g/mol. The van der Waals surface area contributed by atoms with Crippen molar-refractivity contribution in [3.05, 3.63) is 174 Å². The molecule has 4 aliphatic rings. The highest BCUT2D eigenvalue weighted by molar-refractivity contribution is 7.26. The number of rotatable bonds is 4. The highest BCUT2D eigenvalue weighted by Crippen LogP contribution is 2.54. The molecule has 2 aromatic heterocycles. The van der Waals surface area contributed by atoms with E-state index >= 15 is 0 Å². The maximum Gasteiger partial charge on any atom is 0.298 e. The van der Waals surface area contributed by atoms with Crippen molar-refractivity contribution in [2.45, 2.75) is 51.4 Å². The van der Waals surface area contributed by atoms with Crippen molar-refractivity contribution < 1.29 is 4.42 Å². The molecule has 7 aromatic carbocycles. The SMILES string of the molecule is c1ccc(-c2ccc3c(c2N2c4cccc5c4B(c4oc6ccccc6c4N5c4c(-c5ccccc5)ccc5c4CCCC5)c4c2sc2ccccc42)CCCC3)cc1. The van der Waals surface area contributed by atoms with Crippen molar-refractivity contribution in [1.82, 2.24) is 0 Å². The second-order valence-corrected chi connectivity index (χ2v) is 17.8. The van der Waals surface area contributed by atoms with E-state index in [4.69, 9.17) is 4.42 Å². The van der Waals surface area contributed by atoms with Gasteiger partial charge in [-0.3, -0.25) is 0 Å². The summed E-state index contributed by atoms with van der Waals surface area (Å²) in [5.41, 5.74) is 22.0. The van der Waals surface area contributed by atoms with Gasteiger partial charge in [-0.05, 0) is 131 Å². The summed E-state index contributed by atoms with van der Waals surface area (Å²) in [7, 11) is 0. The zero-order valence-corrected chi connectivity index (χ0v) is 33.7. The Hall–Kier alpha value is -6.30. The van der Waals surface area contributed by atoms with Gasteiger partial charge in [0, 0.05) is 32.6 Å². The molecule has 59 heavy (non-hydrogen) atoms. The van der Waals surface area contributed by atoms with Gasteiger partial charge < -0.3 is 14.2 Å². The van der Waals surface area contributed by atoms with Gasteiger partial charge in [-0.2, -0.15) is 0 Å². The van der Waals surface area contributed by atoms with Gasteiger partial charge in [-0.15, -0.1) is 11.3 Å². The van der Waals surface area contributed by atoms with Crippen molar-refractivity contribution in [3.63, 3.8) is 0 Å². The van der Waals surface area contributed by atoms with Gasteiger partial charge in [0.2, 0.25) is 0 Å². The number of hydrogen-bond donors (Lipinski definition) is 0. The summed E-state index contributed by atoms with van der Waals surface area (Å²) in [6.07, 6.45) is 9.25. The van der Waals surface area contributed by atoms with Crippen LogP contribution in [-0.2, 0) is 25.7 Å². The van der Waals surface area contributed by atoms with Crippen LogP contribution in [-0.4, -0.2) is 6.71 Å². The molecule has 3 nitrogen and oxygen atoms in total. The summed E-state index contributed by atoms with van der Waals surface area (Å²) in [5, 5.41) is 3.79. The number of furan rings is 1. The molecule has 0 spiro atoms. The zero-order chi connectivity index (χ0) is 38.6. The van der Waals surface area contributed by atoms with Crippen LogP contribution in [0, 0.1) is 0 Å². The first-order valence-electron chi connectivity index (χ1n) is 21.5. The molecule has 0 bridgehead atoms. The first-order valence-corrected chi connectivity index (χ1v) is 22.3. The summed E-state index contributed by atoms with van der Waals surface area (Å²) < 4.78 is 8.64. The second-order valence-electron chi connectivity index (χ2n) is 16.8. The lowest BCUT2D eigenvalue weighted by molar-refractivity contribution is 0.651. The molecule has 2 aliphatic heterocycles. The summed E-state index contributed by atoms with van der Waals surface area (Å²) in [6.45, 7) is -0.0818. The average molecular weight is 777 g/mol. The van der Waals surface area contributed by atoms with E-state index in [0.29, 0.717) is 0 Å². The fourth-order valence-corrected chi connectivity index (χ4v) is 12.4. The first kappa shape index (κ1) is 33.7. The second kappa shape index (κ2) is 13.1. The molecule has 0 radical (unpaired) electrons. The van der Waals surface area contributed by atoms with Gasteiger partial charge in [-0.1, -0.05) is 121 Å². The van der Waals surface area contributed by atoms with Crippen LogP contribution in [0.1, 0.15) is 47.9 Å². The standard InChI is InChI=1S/C54H41BN2OS/c1-3-16-34(17-4-1)40-32-30-36-20-7-9-22-38(36)50(40)56-44-26-15-27-45-49(44)55(53-52(56)42-24-11-13-28-46(42)58-53)48-43-25-12-14-29-47(43)59-54(48)57(45)51-39-23-10-8-21-37(39)31-33-41(51)35-18-5-2-6-19-35/h1-6,11-19,24-33H,7-10,20-23H2. The average Bonchev–Trinajstić information content (AvgIpc) is 3.88. The number of aryl methyl sites for hydroxylation is 2. The minimum Gasteiger partial charge on any atom is -0.468 e. The van der Waals surface area contributed by atoms with Crippen LogP contribution < -0.4 is 26.4 Å². The Bertz CT molecular complexity index is 3150. The number of anilines is 6. The van der Waals surface area contributed by atoms with Gasteiger partial charge in [-0.25, -0.2) is 0 Å². The maximum atomic E-state index is 7.33. The molecule has 0 unspecified atom stereocenters. The third-order valence-electron chi connectivity index (χ3n) is 13.6. The van der Waals surface area contributed by atoms with Gasteiger partial charge in [0.1, 0.15) is 5.58 Å². The smallest absolute Gasteiger partial charge is 0.298 e. The molecule has 0 N–H and O–H groups in total. The van der Waals surface area contributed by atoms with Gasteiger partial charge in [0.25, 0.3) is 6.71 Å². The van der Waals surface area contributed by atoms with Gasteiger partial charge in [0.05, 0.1) is 27.7 Å². The number of thiophene rings is 1. The topological polar surface area (TPSA) is 19.6 Å². The Morgan fingerprint density at radius 1 is 0.458 bits per heavy atom. The lowest BCUT2D eigenvalue weighted by atomic mass is 9.35. The molecule has 0 fully saturated rings. The van der Waals surface area contributed by atoms with E-state index in [2.05, 4.69) is 161 Å². The van der Waals surface area contributed by atoms with Crippen LogP contribution in [0.2, 0.25) is 0 Å². The Kier molecular flexibility index (Phi) is 7.48. The molecule has 9 aromatic rings. The van der Waals surface area contributed by atoms with E-state index in [-0.39, 0.29) is 6.71 Å². The van der Waals surface area contributed by atoms with Crippen molar-refractivity contribution in [2.24, 2.45) is 0 Å². The van der Waals surface area contributed by atoms with E-state index in [1.165, 1.54) is 125 Å². The third-order valence-corrected chi connectivity index (χ3v) is 14.8. The highest BCUT2D eigenvalue weighted by atomic mass is 32.1. The van der Waals surface area contributed by atoms with Crippen LogP contribution in [0.25, 0.3) is 43.3 Å². The number of para-hydroxylation sites is 1. The predicted molar refractivity (Wildman–Crippen MR) is 250 cm³/mol. The molecule has 2 aliphatic carbocycles. The van der Waals surface area contributed by atoms with Crippen molar-refractivity contribution in [2.75, 3.05) is 9.80 Å². The molecule has 0 amide bonds. The molecule has 4 heterocycles. The summed E-state index contributed by atoms with van der Waals surface area (Å²) in [5.74, 6) is 0. The third kappa shape index (κ3) is 4.89. The lowest BCUT2D eigenvalue weighted by Crippen LogP contribution is -2.60. The Morgan fingerprint density at radius 3 is 1.69 bits per heavy atom. The number of benzene rings is 7. The van der Waals surface area contributed by atoms with E-state index in [9.17, 15) is 0 Å². The van der Waals surface area contributed by atoms with Crippen LogP contribution in [0.3, 0.4) is 0 Å². The lowest BCUT2D eigenvalue weighted by Gasteiger charge is -2.43. The minimum atomic E-state index is -0.0818. The Labute approximate surface area is 349 Å². The number of fused-ring (bicyclic) bond motifs is 10. The minimum absolute atomic E-state index is 0.0818. The maximum absolute atomic E-state index is 7.33. The van der Waals surface area contributed by atoms with E-state index in [1.807, 2.05) is 11.3 Å². The number of nitrogens with zero attached hydrogens (tertiary/aromatic N) is 2. The fraction of sp³-hybridized carbons (Fsp3) is 0.148. The Balaban J connectivity index is 1.18. The highest BCUT2D eigenvalue weighted by Gasteiger charge is 2.49. The predicted octanol–water partition coefficient (Wildman–Crippen LogP) is 12.8. The molecule has 13 rings (SSSR count). The monoisotopic (exact) mass is 776 g/mol. The van der Waals surface area contributed by atoms with Crippen LogP contribution in [0.5, 0.6) is 0 Å². The normalized spacial score (nSPS) is 15.2. The van der Waals surface area contributed by atoms with Gasteiger partial charge >= 0.3 is 0 Å². The summed E-state index contributed by atoms with van der Waals surface area (Å²) in [4.78, 5) is 5.35. The fourth-order valence-electron chi connectivity index (χ4n) is 11.1. The van der Waals surface area contributed by atoms with Crippen molar-refractivity contribution >= 4 is 89.1 Å². The summed E-state index contributed by atoms with van der Waals surface area (Å²) >= 11 is 1.94. The molecule has 5 heteroatoms. The first-order chi connectivity index (χ1) is 29.3. The molecule has 0 saturated heterocycles. The van der Waals surface area contributed by atoms with Crippen molar-refractivity contribution in [3.8, 4) is 22.3 Å². The van der Waals surface area contributed by atoms with Gasteiger partial charge in [0.15, 0.2) is 0 Å². The van der Waals surface area contributed by atoms with Crippen molar-refractivity contribution in [1.29, 1.82) is 0 Å². The van der Waals surface area contributed by atoms with Crippen LogP contribution in [0.4, 0.5) is 33.4 Å². The van der Waals surface area contributed by atoms with E-state index in [1.54, 1.807) is 0 Å². The molecule has 0 saturated carbocycles. The Morgan fingerprint density at radius 2 is 1.02 bits per heavy atom. The molecule has 0 atom stereocenters. The molecular formula is C54H41BN2OS. The largest absolute Gasteiger partial charge is 0.468 e. The van der Waals surface area contributed by atoms with Crippen LogP contribution >= 0.6 is 11.3 Å². The van der Waals surface area contributed by atoms with Crippen LogP contribution in [0.15, 0.2) is 156 Å². The zero-order valence-electron chi connectivity index (χ0n) is 32.9. The number of hydrogen-bond acceptors (Lipinski definition) is 4. The quantitative estimate of drug-likeness (QED) is 0.166. The van der Waals surface area contributed by atoms with E-state index < -0.39 is 0 Å². The van der Waals surface area contributed by atoms with E-state index in [0.717, 1.165) is 42.3 Å².